The van der Waals surface area contributed by atoms with Crippen LogP contribution in [0.4, 0.5) is 5.69 Å². The van der Waals surface area contributed by atoms with Crippen molar-refractivity contribution in [3.8, 4) is 5.75 Å². The summed E-state index contributed by atoms with van der Waals surface area (Å²) in [5.41, 5.74) is 4.90. The Hall–Kier alpha value is -2.74. The van der Waals surface area contributed by atoms with Gasteiger partial charge in [-0.1, -0.05) is 54.6 Å². The van der Waals surface area contributed by atoms with Crippen molar-refractivity contribution in [1.82, 2.24) is 0 Å². The molecule has 3 rings (SSSR count). The summed E-state index contributed by atoms with van der Waals surface area (Å²) in [6.45, 7) is 3.56. The Morgan fingerprint density at radius 2 is 1.48 bits per heavy atom. The van der Waals surface area contributed by atoms with Gasteiger partial charge in [0.15, 0.2) is 0 Å². The van der Waals surface area contributed by atoms with Crippen LogP contribution in [0.5, 0.6) is 5.75 Å². The highest BCUT2D eigenvalue weighted by Crippen LogP contribution is 2.18. The maximum Gasteiger partial charge on any atom is 0.119 e. The van der Waals surface area contributed by atoms with E-state index in [-0.39, 0.29) is 0 Å². The smallest absolute Gasteiger partial charge is 0.119 e. The molecule has 0 atom stereocenters. The topological polar surface area (TPSA) is 21.3 Å². The van der Waals surface area contributed by atoms with Crippen molar-refractivity contribution in [3.05, 3.63) is 95.6 Å². The number of anilines is 1. The van der Waals surface area contributed by atoms with Crippen LogP contribution in [0.3, 0.4) is 0 Å². The fourth-order valence-corrected chi connectivity index (χ4v) is 2.42. The van der Waals surface area contributed by atoms with E-state index in [1.165, 1.54) is 16.7 Å². The normalized spacial score (nSPS) is 10.3. The minimum absolute atomic E-state index is 0.594. The number of hydrogen-bond donors (Lipinski definition) is 1. The third kappa shape index (κ3) is 4.36. The molecule has 0 aliphatic heterocycles. The Balaban J connectivity index is 1.54. The molecule has 3 aromatic rings. The fourth-order valence-electron chi connectivity index (χ4n) is 2.42. The fraction of sp³-hybridized carbons (Fsp3) is 0.143. The van der Waals surface area contributed by atoms with Crippen LogP contribution in [0.25, 0.3) is 0 Å². The summed E-state index contributed by atoms with van der Waals surface area (Å²) in [6, 6.07) is 26.7. The van der Waals surface area contributed by atoms with E-state index >= 15 is 0 Å². The van der Waals surface area contributed by atoms with Crippen molar-refractivity contribution in [2.45, 2.75) is 20.1 Å². The van der Waals surface area contributed by atoms with E-state index in [0.29, 0.717) is 6.61 Å². The molecule has 0 aromatic heterocycles. The van der Waals surface area contributed by atoms with Crippen molar-refractivity contribution in [3.63, 3.8) is 0 Å². The van der Waals surface area contributed by atoms with Gasteiger partial charge < -0.3 is 10.1 Å². The van der Waals surface area contributed by atoms with Gasteiger partial charge in [0.1, 0.15) is 12.4 Å². The van der Waals surface area contributed by atoms with E-state index in [9.17, 15) is 0 Å². The zero-order valence-corrected chi connectivity index (χ0v) is 13.3. The van der Waals surface area contributed by atoms with Gasteiger partial charge in [0, 0.05) is 12.2 Å². The summed E-state index contributed by atoms with van der Waals surface area (Å²) in [5.74, 6) is 0.885. The molecule has 0 spiro atoms. The average Bonchev–Trinajstić information content (AvgIpc) is 2.61. The quantitative estimate of drug-likeness (QED) is 0.677. The van der Waals surface area contributed by atoms with Gasteiger partial charge in [0.25, 0.3) is 0 Å². The first-order chi connectivity index (χ1) is 11.3. The van der Waals surface area contributed by atoms with Gasteiger partial charge in [-0.15, -0.1) is 0 Å². The summed E-state index contributed by atoms with van der Waals surface area (Å²) in [6.07, 6.45) is 0. The molecule has 23 heavy (non-hydrogen) atoms. The molecule has 0 heterocycles. The van der Waals surface area contributed by atoms with Crippen molar-refractivity contribution in [1.29, 1.82) is 0 Å². The zero-order chi connectivity index (χ0) is 15.9. The van der Waals surface area contributed by atoms with Gasteiger partial charge in [-0.05, 0) is 47.9 Å². The van der Waals surface area contributed by atoms with E-state index < -0.39 is 0 Å². The highest BCUT2D eigenvalue weighted by atomic mass is 16.5. The number of benzene rings is 3. The van der Waals surface area contributed by atoms with Crippen LogP contribution in [0.15, 0.2) is 78.9 Å². The molecule has 0 fully saturated rings. The Bertz CT molecular complexity index is 735. The SMILES string of the molecule is Cc1ccccc1CNc1ccc(OCc2ccccc2)cc1. The van der Waals surface area contributed by atoms with E-state index in [4.69, 9.17) is 4.74 Å². The summed E-state index contributed by atoms with van der Waals surface area (Å²) < 4.78 is 5.80. The maximum absolute atomic E-state index is 5.80. The third-order valence-corrected chi connectivity index (χ3v) is 3.85. The first-order valence-corrected chi connectivity index (χ1v) is 7.86. The molecule has 0 bridgehead atoms. The number of rotatable bonds is 6. The summed E-state index contributed by atoms with van der Waals surface area (Å²) in [7, 11) is 0. The molecular formula is C21H21NO. The second-order valence-corrected chi connectivity index (χ2v) is 5.58. The average molecular weight is 303 g/mol. The largest absolute Gasteiger partial charge is 0.489 e. The minimum Gasteiger partial charge on any atom is -0.489 e. The predicted octanol–water partition coefficient (Wildman–Crippen LogP) is 5.19. The van der Waals surface area contributed by atoms with Gasteiger partial charge >= 0.3 is 0 Å². The first kappa shape index (κ1) is 15.2. The number of hydrogen-bond acceptors (Lipinski definition) is 2. The molecule has 0 saturated carbocycles. The molecule has 0 aliphatic rings. The second kappa shape index (κ2) is 7.50. The Morgan fingerprint density at radius 3 is 2.22 bits per heavy atom. The summed E-state index contributed by atoms with van der Waals surface area (Å²) >= 11 is 0. The Morgan fingerprint density at radius 1 is 0.783 bits per heavy atom. The molecule has 1 N–H and O–H groups in total. The lowest BCUT2D eigenvalue weighted by atomic mass is 10.1. The standard InChI is InChI=1S/C21H21NO/c1-17-7-5-6-10-19(17)15-22-20-11-13-21(14-12-20)23-16-18-8-3-2-4-9-18/h2-14,22H,15-16H2,1H3. The number of ether oxygens (including phenoxy) is 1. The van der Waals surface area contributed by atoms with Crippen LogP contribution < -0.4 is 10.1 Å². The number of nitrogens with one attached hydrogen (secondary N) is 1. The lowest BCUT2D eigenvalue weighted by molar-refractivity contribution is 0.306. The zero-order valence-electron chi connectivity index (χ0n) is 13.3. The third-order valence-electron chi connectivity index (χ3n) is 3.85. The molecule has 0 amide bonds. The van der Waals surface area contributed by atoms with E-state index in [2.05, 4.69) is 60.8 Å². The van der Waals surface area contributed by atoms with Crippen molar-refractivity contribution in [2.24, 2.45) is 0 Å². The molecule has 0 radical (unpaired) electrons. The summed E-state index contributed by atoms with van der Waals surface area (Å²) in [4.78, 5) is 0. The van der Waals surface area contributed by atoms with Crippen LogP contribution in [0, 0.1) is 6.92 Å². The predicted molar refractivity (Wildman–Crippen MR) is 95.7 cm³/mol. The number of aryl methyl sites for hydroxylation is 1. The highest BCUT2D eigenvalue weighted by Gasteiger charge is 1.99. The molecule has 116 valence electrons. The highest BCUT2D eigenvalue weighted by molar-refractivity contribution is 5.47. The van der Waals surface area contributed by atoms with E-state index in [1.54, 1.807) is 0 Å². The molecule has 3 aromatic carbocycles. The van der Waals surface area contributed by atoms with Gasteiger partial charge in [-0.3, -0.25) is 0 Å². The molecule has 2 nitrogen and oxygen atoms in total. The lowest BCUT2D eigenvalue weighted by Crippen LogP contribution is -2.01. The molecule has 0 unspecified atom stereocenters. The van der Waals surface area contributed by atoms with Crippen LogP contribution in [-0.2, 0) is 13.2 Å². The van der Waals surface area contributed by atoms with E-state index in [1.807, 2.05) is 30.3 Å². The van der Waals surface area contributed by atoms with Crippen LogP contribution in [0.1, 0.15) is 16.7 Å². The molecule has 2 heteroatoms. The van der Waals surface area contributed by atoms with Crippen molar-refractivity contribution < 1.29 is 4.74 Å². The van der Waals surface area contributed by atoms with Crippen LogP contribution in [0.2, 0.25) is 0 Å². The Kier molecular flexibility index (Phi) is 4.95. The Labute approximate surface area is 137 Å². The molecular weight excluding hydrogens is 282 g/mol. The van der Waals surface area contributed by atoms with Gasteiger partial charge in [-0.2, -0.15) is 0 Å². The van der Waals surface area contributed by atoms with Gasteiger partial charge in [0.2, 0.25) is 0 Å². The minimum atomic E-state index is 0.594. The molecule has 0 saturated heterocycles. The lowest BCUT2D eigenvalue weighted by Gasteiger charge is -2.10. The van der Waals surface area contributed by atoms with Crippen LogP contribution in [-0.4, -0.2) is 0 Å². The van der Waals surface area contributed by atoms with Gasteiger partial charge in [-0.25, -0.2) is 0 Å². The summed E-state index contributed by atoms with van der Waals surface area (Å²) in [5, 5.41) is 3.45. The monoisotopic (exact) mass is 303 g/mol. The van der Waals surface area contributed by atoms with Crippen LogP contribution >= 0.6 is 0 Å². The van der Waals surface area contributed by atoms with Crippen molar-refractivity contribution in [2.75, 3.05) is 5.32 Å². The second-order valence-electron chi connectivity index (χ2n) is 5.58. The first-order valence-electron chi connectivity index (χ1n) is 7.86. The van der Waals surface area contributed by atoms with Gasteiger partial charge in [0.05, 0.1) is 0 Å². The molecule has 0 aliphatic carbocycles. The maximum atomic E-state index is 5.80. The van der Waals surface area contributed by atoms with Crippen molar-refractivity contribution >= 4 is 5.69 Å². The van der Waals surface area contributed by atoms with E-state index in [0.717, 1.165) is 18.0 Å².